The summed E-state index contributed by atoms with van der Waals surface area (Å²) < 4.78 is 27.1. The molecule has 1 amide bonds. The number of carbonyl (C=O) groups excluding carboxylic acids is 1. The number of aromatic nitrogens is 2. The first-order valence-corrected chi connectivity index (χ1v) is 10.1. The lowest BCUT2D eigenvalue weighted by Crippen LogP contribution is -2.25. The van der Waals surface area contributed by atoms with Crippen molar-refractivity contribution in [2.75, 3.05) is 5.75 Å². The van der Waals surface area contributed by atoms with Gasteiger partial charge in [0.1, 0.15) is 5.65 Å². The van der Waals surface area contributed by atoms with E-state index in [9.17, 15) is 13.2 Å². The highest BCUT2D eigenvalue weighted by atomic mass is 79.9. The number of pyridine rings is 1. The lowest BCUT2D eigenvalue weighted by atomic mass is 10.2. The molecule has 0 aliphatic carbocycles. The summed E-state index contributed by atoms with van der Waals surface area (Å²) in [6.07, 6.45) is 3.69. The van der Waals surface area contributed by atoms with E-state index < -0.39 is 15.7 Å². The van der Waals surface area contributed by atoms with E-state index in [0.717, 1.165) is 10.1 Å². The molecule has 3 aromatic rings. The Balaban J connectivity index is 1.81. The minimum atomic E-state index is -3.47. The number of sulfone groups is 1. The molecule has 0 fully saturated rings. The Bertz CT molecular complexity index is 1040. The van der Waals surface area contributed by atoms with Crippen LogP contribution >= 0.6 is 15.9 Å². The number of hydrogen-bond acceptors (Lipinski definition) is 4. The van der Waals surface area contributed by atoms with Crippen molar-refractivity contribution in [1.82, 2.24) is 14.7 Å². The Morgan fingerprint density at radius 3 is 2.72 bits per heavy atom. The fourth-order valence-corrected chi connectivity index (χ4v) is 3.89. The van der Waals surface area contributed by atoms with Crippen LogP contribution in [-0.2, 0) is 16.4 Å². The Hall–Kier alpha value is -2.19. The number of benzene rings is 1. The van der Waals surface area contributed by atoms with Gasteiger partial charge in [-0.25, -0.2) is 13.4 Å². The van der Waals surface area contributed by atoms with E-state index in [2.05, 4.69) is 26.2 Å². The van der Waals surface area contributed by atoms with E-state index in [1.807, 2.05) is 28.9 Å². The zero-order valence-electron chi connectivity index (χ0n) is 13.4. The number of amides is 1. The molecule has 1 N–H and O–H groups in total. The second-order valence-corrected chi connectivity index (χ2v) is 8.59. The second-order valence-electron chi connectivity index (χ2n) is 5.43. The van der Waals surface area contributed by atoms with Crippen molar-refractivity contribution >= 4 is 37.3 Å². The normalized spacial score (nSPS) is 11.6. The summed E-state index contributed by atoms with van der Waals surface area (Å²) in [7, 11) is -3.47. The van der Waals surface area contributed by atoms with Crippen molar-refractivity contribution in [3.8, 4) is 0 Å². The number of hydrogen-bond donors (Lipinski definition) is 1. The van der Waals surface area contributed by atoms with Gasteiger partial charge in [-0.3, -0.25) is 4.79 Å². The second kappa shape index (κ2) is 6.97. The number of rotatable bonds is 5. The van der Waals surface area contributed by atoms with Gasteiger partial charge >= 0.3 is 0 Å². The van der Waals surface area contributed by atoms with E-state index in [-0.39, 0.29) is 22.8 Å². The average molecular weight is 422 g/mol. The molecular formula is C17H16BrN3O3S. The number of imidazole rings is 1. The summed E-state index contributed by atoms with van der Waals surface area (Å²) in [6, 6.07) is 9.97. The third kappa shape index (κ3) is 3.74. The molecule has 2 aromatic heterocycles. The third-order valence-electron chi connectivity index (χ3n) is 3.74. The highest BCUT2D eigenvalue weighted by Gasteiger charge is 2.20. The van der Waals surface area contributed by atoms with Gasteiger partial charge in [-0.2, -0.15) is 0 Å². The molecule has 0 aliphatic heterocycles. The maximum atomic E-state index is 12.5. The van der Waals surface area contributed by atoms with Crippen LogP contribution in [0.15, 0.2) is 58.2 Å². The number of halogens is 1. The lowest BCUT2D eigenvalue weighted by Gasteiger charge is -2.09. The quantitative estimate of drug-likeness (QED) is 0.686. The van der Waals surface area contributed by atoms with Crippen LogP contribution in [0.25, 0.3) is 5.65 Å². The number of nitrogens with zero attached hydrogens (tertiary/aromatic N) is 2. The number of carbonyl (C=O) groups is 1. The van der Waals surface area contributed by atoms with Gasteiger partial charge in [-0.05, 0) is 40.2 Å². The Morgan fingerprint density at radius 2 is 1.96 bits per heavy atom. The summed E-state index contributed by atoms with van der Waals surface area (Å²) in [5.74, 6) is -0.496. The predicted octanol–water partition coefficient (Wildman–Crippen LogP) is 2.82. The highest BCUT2D eigenvalue weighted by molar-refractivity contribution is 9.10. The molecule has 1 aromatic carbocycles. The SMILES string of the molecule is CCS(=O)(=O)c1ccccc1C(=O)NCc1cn2cc(Br)ccc2n1. The molecule has 130 valence electrons. The Morgan fingerprint density at radius 1 is 1.20 bits per heavy atom. The first kappa shape index (κ1) is 17.6. The summed E-state index contributed by atoms with van der Waals surface area (Å²) in [5, 5.41) is 2.74. The average Bonchev–Trinajstić information content (AvgIpc) is 3.01. The Kier molecular flexibility index (Phi) is 4.91. The monoisotopic (exact) mass is 421 g/mol. The molecule has 0 saturated heterocycles. The molecule has 25 heavy (non-hydrogen) atoms. The first-order chi connectivity index (χ1) is 11.9. The van der Waals surface area contributed by atoms with Crippen LogP contribution in [0.5, 0.6) is 0 Å². The topological polar surface area (TPSA) is 80.5 Å². The molecule has 0 radical (unpaired) electrons. The molecule has 0 saturated carbocycles. The van der Waals surface area contributed by atoms with Crippen LogP contribution in [0.4, 0.5) is 0 Å². The van der Waals surface area contributed by atoms with Gasteiger partial charge in [-0.1, -0.05) is 19.1 Å². The van der Waals surface area contributed by atoms with Crippen molar-refractivity contribution in [1.29, 1.82) is 0 Å². The minimum absolute atomic E-state index is 0.0499. The lowest BCUT2D eigenvalue weighted by molar-refractivity contribution is 0.0947. The van der Waals surface area contributed by atoms with E-state index in [4.69, 9.17) is 0 Å². The van der Waals surface area contributed by atoms with Gasteiger partial charge in [0.2, 0.25) is 0 Å². The molecule has 3 rings (SSSR count). The highest BCUT2D eigenvalue weighted by Crippen LogP contribution is 2.17. The molecule has 0 atom stereocenters. The van der Waals surface area contributed by atoms with Crippen LogP contribution < -0.4 is 5.32 Å². The van der Waals surface area contributed by atoms with Crippen LogP contribution in [0.3, 0.4) is 0 Å². The molecule has 0 spiro atoms. The number of fused-ring (bicyclic) bond motifs is 1. The molecule has 0 unspecified atom stereocenters. The van der Waals surface area contributed by atoms with Gasteiger partial charge < -0.3 is 9.72 Å². The summed E-state index contributed by atoms with van der Waals surface area (Å²) >= 11 is 3.39. The van der Waals surface area contributed by atoms with Crippen LogP contribution in [-0.4, -0.2) is 29.5 Å². The fourth-order valence-electron chi connectivity index (χ4n) is 2.45. The predicted molar refractivity (Wildman–Crippen MR) is 98.2 cm³/mol. The molecule has 0 bridgehead atoms. The Labute approximate surface area is 153 Å². The zero-order valence-corrected chi connectivity index (χ0v) is 15.8. The first-order valence-electron chi connectivity index (χ1n) is 7.64. The van der Waals surface area contributed by atoms with Crippen molar-refractivity contribution < 1.29 is 13.2 Å². The fraction of sp³-hybridized carbons (Fsp3) is 0.176. The maximum absolute atomic E-state index is 12.5. The van der Waals surface area contributed by atoms with Crippen LogP contribution in [0, 0.1) is 0 Å². The number of nitrogens with one attached hydrogen (secondary N) is 1. The van der Waals surface area contributed by atoms with Crippen molar-refractivity contribution in [3.63, 3.8) is 0 Å². The van der Waals surface area contributed by atoms with Gasteiger partial charge in [0.25, 0.3) is 5.91 Å². The van der Waals surface area contributed by atoms with Crippen molar-refractivity contribution in [2.45, 2.75) is 18.4 Å². The van der Waals surface area contributed by atoms with E-state index in [1.54, 1.807) is 19.1 Å². The molecule has 8 heteroatoms. The van der Waals surface area contributed by atoms with Crippen LogP contribution in [0.1, 0.15) is 23.0 Å². The standard InChI is InChI=1S/C17H16BrN3O3S/c1-2-25(23,24)15-6-4-3-5-14(15)17(22)19-9-13-11-21-10-12(18)7-8-16(21)20-13/h3-8,10-11H,2,9H2,1H3,(H,19,22). The third-order valence-corrected chi connectivity index (χ3v) is 6.00. The zero-order chi connectivity index (χ0) is 18.0. The molecule has 2 heterocycles. The van der Waals surface area contributed by atoms with Gasteiger partial charge in [-0.15, -0.1) is 0 Å². The van der Waals surface area contributed by atoms with Gasteiger partial charge in [0.15, 0.2) is 9.84 Å². The summed E-state index contributed by atoms with van der Waals surface area (Å²) in [5.41, 5.74) is 1.60. The summed E-state index contributed by atoms with van der Waals surface area (Å²) in [4.78, 5) is 16.9. The largest absolute Gasteiger partial charge is 0.346 e. The molecule has 0 aliphatic rings. The van der Waals surface area contributed by atoms with E-state index >= 15 is 0 Å². The molecule has 6 nitrogen and oxygen atoms in total. The van der Waals surface area contributed by atoms with Gasteiger partial charge in [0.05, 0.1) is 28.5 Å². The van der Waals surface area contributed by atoms with Crippen molar-refractivity contribution in [2.24, 2.45) is 0 Å². The maximum Gasteiger partial charge on any atom is 0.252 e. The smallest absolute Gasteiger partial charge is 0.252 e. The van der Waals surface area contributed by atoms with Crippen molar-refractivity contribution in [3.05, 3.63) is 64.5 Å². The van der Waals surface area contributed by atoms with Gasteiger partial charge in [0, 0.05) is 16.9 Å². The minimum Gasteiger partial charge on any atom is -0.346 e. The van der Waals surface area contributed by atoms with E-state index in [0.29, 0.717) is 5.69 Å². The molecular weight excluding hydrogens is 406 g/mol. The van der Waals surface area contributed by atoms with Crippen LogP contribution in [0.2, 0.25) is 0 Å². The summed E-state index contributed by atoms with van der Waals surface area (Å²) in [6.45, 7) is 1.76. The van der Waals surface area contributed by atoms with E-state index in [1.165, 1.54) is 12.1 Å².